The standard InChI is InChI=1S/C19H23N3O3/c1-13(23)22-11-5-8-16(22)19(24)21-10-4-6-14(12-21)18-20-15-7-2-3-9-17(15)25-18/h2-3,7,9,14,16H,4-6,8,10-12H2,1H3. The van der Waals surface area contributed by atoms with Gasteiger partial charge in [0.05, 0.1) is 5.92 Å². The molecule has 2 aliphatic heterocycles. The average molecular weight is 341 g/mol. The van der Waals surface area contributed by atoms with E-state index in [2.05, 4.69) is 4.98 Å². The van der Waals surface area contributed by atoms with Crippen LogP contribution >= 0.6 is 0 Å². The van der Waals surface area contributed by atoms with Crippen LogP contribution < -0.4 is 0 Å². The van der Waals surface area contributed by atoms with Crippen LogP contribution in [0.15, 0.2) is 28.7 Å². The van der Waals surface area contributed by atoms with Crippen molar-refractivity contribution >= 4 is 22.9 Å². The van der Waals surface area contributed by atoms with E-state index >= 15 is 0 Å². The Labute approximate surface area is 146 Å². The van der Waals surface area contributed by atoms with E-state index in [1.807, 2.05) is 29.2 Å². The van der Waals surface area contributed by atoms with Gasteiger partial charge in [0.1, 0.15) is 11.6 Å². The Hall–Kier alpha value is -2.37. The molecule has 2 saturated heterocycles. The van der Waals surface area contributed by atoms with Gasteiger partial charge >= 0.3 is 0 Å². The topological polar surface area (TPSA) is 66.7 Å². The van der Waals surface area contributed by atoms with Crippen LogP contribution in [0.3, 0.4) is 0 Å². The molecule has 1 aromatic carbocycles. The van der Waals surface area contributed by atoms with Gasteiger partial charge in [-0.25, -0.2) is 4.98 Å². The van der Waals surface area contributed by atoms with Crippen molar-refractivity contribution in [2.24, 2.45) is 0 Å². The average Bonchev–Trinajstić information content (AvgIpc) is 3.28. The van der Waals surface area contributed by atoms with E-state index in [1.54, 1.807) is 11.8 Å². The lowest BCUT2D eigenvalue weighted by atomic mass is 9.97. The summed E-state index contributed by atoms with van der Waals surface area (Å²) in [6.45, 7) is 3.60. The molecular weight excluding hydrogens is 318 g/mol. The summed E-state index contributed by atoms with van der Waals surface area (Å²) in [5.41, 5.74) is 1.65. The van der Waals surface area contributed by atoms with Crippen molar-refractivity contribution in [3.8, 4) is 0 Å². The SMILES string of the molecule is CC(=O)N1CCCC1C(=O)N1CCCC(c2nc3ccccc3o2)C1. The number of oxazole rings is 1. The number of amides is 2. The van der Waals surface area contributed by atoms with Crippen molar-refractivity contribution in [3.05, 3.63) is 30.2 Å². The van der Waals surface area contributed by atoms with Crippen LogP contribution in [0.4, 0.5) is 0 Å². The van der Waals surface area contributed by atoms with Crippen molar-refractivity contribution in [1.82, 2.24) is 14.8 Å². The number of hydrogen-bond acceptors (Lipinski definition) is 4. The molecule has 2 amide bonds. The molecule has 132 valence electrons. The lowest BCUT2D eigenvalue weighted by Gasteiger charge is -2.35. The second kappa shape index (κ2) is 6.50. The monoisotopic (exact) mass is 341 g/mol. The summed E-state index contributed by atoms with van der Waals surface area (Å²) in [5, 5.41) is 0. The number of likely N-dealkylation sites (tertiary alicyclic amines) is 2. The predicted molar refractivity (Wildman–Crippen MR) is 93.0 cm³/mol. The van der Waals surface area contributed by atoms with Gasteiger partial charge in [0, 0.05) is 26.6 Å². The summed E-state index contributed by atoms with van der Waals surface area (Å²) >= 11 is 0. The van der Waals surface area contributed by atoms with Gasteiger partial charge in [0.25, 0.3) is 0 Å². The first-order chi connectivity index (χ1) is 12.1. The molecule has 0 aliphatic carbocycles. The minimum absolute atomic E-state index is 0.0108. The number of fused-ring (bicyclic) bond motifs is 1. The molecule has 0 N–H and O–H groups in total. The Morgan fingerprint density at radius 1 is 1.16 bits per heavy atom. The van der Waals surface area contributed by atoms with Gasteiger partial charge in [-0.3, -0.25) is 9.59 Å². The van der Waals surface area contributed by atoms with E-state index in [-0.39, 0.29) is 23.8 Å². The van der Waals surface area contributed by atoms with Gasteiger partial charge in [-0.2, -0.15) is 0 Å². The van der Waals surface area contributed by atoms with Crippen LogP contribution in [0.5, 0.6) is 0 Å². The molecule has 6 nitrogen and oxygen atoms in total. The Bertz CT molecular complexity index is 767. The van der Waals surface area contributed by atoms with Crippen molar-refractivity contribution in [2.75, 3.05) is 19.6 Å². The van der Waals surface area contributed by atoms with Crippen molar-refractivity contribution in [3.63, 3.8) is 0 Å². The third-order valence-corrected chi connectivity index (χ3v) is 5.34. The van der Waals surface area contributed by atoms with Gasteiger partial charge in [-0.15, -0.1) is 0 Å². The molecule has 0 radical (unpaired) electrons. The Morgan fingerprint density at radius 2 is 1.96 bits per heavy atom. The quantitative estimate of drug-likeness (QED) is 0.842. The van der Waals surface area contributed by atoms with Gasteiger partial charge in [0.2, 0.25) is 11.8 Å². The Kier molecular flexibility index (Phi) is 4.19. The summed E-state index contributed by atoms with van der Waals surface area (Å²) in [7, 11) is 0. The van der Waals surface area contributed by atoms with Crippen LogP contribution in [0.2, 0.25) is 0 Å². The van der Waals surface area contributed by atoms with Gasteiger partial charge < -0.3 is 14.2 Å². The maximum Gasteiger partial charge on any atom is 0.245 e. The number of nitrogens with zero attached hydrogens (tertiary/aromatic N) is 3. The smallest absolute Gasteiger partial charge is 0.245 e. The lowest BCUT2D eigenvalue weighted by molar-refractivity contribution is -0.143. The van der Waals surface area contributed by atoms with E-state index < -0.39 is 0 Å². The highest BCUT2D eigenvalue weighted by atomic mass is 16.3. The first kappa shape index (κ1) is 16.1. The van der Waals surface area contributed by atoms with Crippen LogP contribution in [0, 0.1) is 0 Å². The molecule has 4 rings (SSSR count). The molecule has 2 unspecified atom stereocenters. The second-order valence-electron chi connectivity index (χ2n) is 7.01. The minimum Gasteiger partial charge on any atom is -0.440 e. The maximum absolute atomic E-state index is 12.9. The van der Waals surface area contributed by atoms with E-state index in [0.717, 1.165) is 43.3 Å². The van der Waals surface area contributed by atoms with Crippen molar-refractivity contribution in [1.29, 1.82) is 0 Å². The molecule has 1 aromatic heterocycles. The van der Waals surface area contributed by atoms with E-state index in [9.17, 15) is 9.59 Å². The lowest BCUT2D eigenvalue weighted by Crippen LogP contribution is -2.49. The zero-order chi connectivity index (χ0) is 17.4. The third-order valence-electron chi connectivity index (χ3n) is 5.34. The summed E-state index contributed by atoms with van der Waals surface area (Å²) < 4.78 is 5.91. The molecule has 0 saturated carbocycles. The largest absolute Gasteiger partial charge is 0.440 e. The van der Waals surface area contributed by atoms with E-state index in [1.165, 1.54) is 0 Å². The number of rotatable bonds is 2. The molecule has 2 atom stereocenters. The van der Waals surface area contributed by atoms with Crippen LogP contribution in [-0.4, -0.2) is 52.3 Å². The summed E-state index contributed by atoms with van der Waals surface area (Å²) in [4.78, 5) is 32.9. The van der Waals surface area contributed by atoms with Crippen molar-refractivity contribution < 1.29 is 14.0 Å². The fraction of sp³-hybridized carbons (Fsp3) is 0.526. The highest BCUT2D eigenvalue weighted by molar-refractivity contribution is 5.87. The summed E-state index contributed by atoms with van der Waals surface area (Å²) in [5.74, 6) is 0.905. The van der Waals surface area contributed by atoms with Gasteiger partial charge in [-0.05, 0) is 37.8 Å². The summed E-state index contributed by atoms with van der Waals surface area (Å²) in [6, 6.07) is 7.45. The van der Waals surface area contributed by atoms with Crippen LogP contribution in [0.1, 0.15) is 44.4 Å². The zero-order valence-corrected chi connectivity index (χ0v) is 14.5. The fourth-order valence-electron chi connectivity index (χ4n) is 4.05. The van der Waals surface area contributed by atoms with Crippen LogP contribution in [0.25, 0.3) is 11.1 Å². The Morgan fingerprint density at radius 3 is 2.76 bits per heavy atom. The Balaban J connectivity index is 1.50. The van der Waals surface area contributed by atoms with Gasteiger partial charge in [-0.1, -0.05) is 12.1 Å². The molecule has 0 spiro atoms. The predicted octanol–water partition coefficient (Wildman–Crippen LogP) is 2.54. The number of aromatic nitrogens is 1. The molecule has 3 heterocycles. The highest BCUT2D eigenvalue weighted by Crippen LogP contribution is 2.30. The molecule has 2 aromatic rings. The number of para-hydroxylation sites is 2. The zero-order valence-electron chi connectivity index (χ0n) is 14.5. The maximum atomic E-state index is 12.9. The molecule has 2 fully saturated rings. The first-order valence-electron chi connectivity index (χ1n) is 9.05. The molecule has 0 bridgehead atoms. The van der Waals surface area contributed by atoms with Gasteiger partial charge in [0.15, 0.2) is 11.5 Å². The fourth-order valence-corrected chi connectivity index (χ4v) is 4.05. The summed E-state index contributed by atoms with van der Waals surface area (Å²) in [6.07, 6.45) is 3.57. The number of piperidine rings is 1. The third kappa shape index (κ3) is 3.01. The van der Waals surface area contributed by atoms with Crippen LogP contribution in [-0.2, 0) is 9.59 Å². The molecular formula is C19H23N3O3. The number of carbonyl (C=O) groups is 2. The second-order valence-corrected chi connectivity index (χ2v) is 7.01. The molecule has 2 aliphatic rings. The van der Waals surface area contributed by atoms with Crippen molar-refractivity contribution in [2.45, 2.75) is 44.6 Å². The highest BCUT2D eigenvalue weighted by Gasteiger charge is 2.37. The minimum atomic E-state index is -0.292. The number of carbonyl (C=O) groups excluding carboxylic acids is 2. The normalized spacial score (nSPS) is 24.0. The number of hydrogen-bond donors (Lipinski definition) is 0. The first-order valence-corrected chi connectivity index (χ1v) is 9.05. The van der Waals surface area contributed by atoms with E-state index in [4.69, 9.17) is 4.42 Å². The molecule has 25 heavy (non-hydrogen) atoms. The number of benzene rings is 1. The molecule has 6 heteroatoms. The van der Waals surface area contributed by atoms with E-state index in [0.29, 0.717) is 19.0 Å².